The monoisotopic (exact) mass is 455 g/mol. The first-order valence-corrected chi connectivity index (χ1v) is 11.0. The van der Waals surface area contributed by atoms with Crippen molar-refractivity contribution >= 4 is 40.5 Å². The summed E-state index contributed by atoms with van der Waals surface area (Å²) in [6.07, 6.45) is 1.77. The van der Waals surface area contributed by atoms with Crippen LogP contribution in [0.5, 0.6) is 11.5 Å². The number of amides is 1. The van der Waals surface area contributed by atoms with Gasteiger partial charge in [0.2, 0.25) is 0 Å². The first-order valence-electron chi connectivity index (χ1n) is 9.76. The molecule has 1 heterocycles. The molecule has 6 nitrogen and oxygen atoms in total. The van der Waals surface area contributed by atoms with Gasteiger partial charge < -0.3 is 9.47 Å². The normalized spacial score (nSPS) is 16.1. The molecule has 0 aliphatic carbocycles. The predicted molar refractivity (Wildman–Crippen MR) is 124 cm³/mol. The minimum Gasteiger partial charge on any atom is -0.493 e. The van der Waals surface area contributed by atoms with E-state index in [1.165, 1.54) is 18.9 Å². The van der Waals surface area contributed by atoms with Crippen molar-refractivity contribution in [3.63, 3.8) is 0 Å². The van der Waals surface area contributed by atoms with Crippen LogP contribution in [0.1, 0.15) is 30.5 Å². The van der Waals surface area contributed by atoms with E-state index in [2.05, 4.69) is 11.1 Å². The van der Waals surface area contributed by atoms with Crippen molar-refractivity contribution in [2.24, 2.45) is 4.99 Å². The van der Waals surface area contributed by atoms with E-state index in [-0.39, 0.29) is 12.5 Å². The van der Waals surface area contributed by atoms with E-state index in [9.17, 15) is 10.1 Å². The second-order valence-corrected chi connectivity index (χ2v) is 7.93. The molecule has 1 fully saturated rings. The zero-order chi connectivity index (χ0) is 22.4. The molecule has 0 radical (unpaired) electrons. The number of hydrogen-bond acceptors (Lipinski definition) is 6. The third-order valence-electron chi connectivity index (χ3n) is 4.56. The van der Waals surface area contributed by atoms with E-state index < -0.39 is 0 Å². The Hall–Kier alpha value is -2.95. The molecule has 2 aromatic rings. The number of rotatable bonds is 7. The molecule has 1 aliphatic rings. The minimum atomic E-state index is -0.0803. The molecule has 1 aliphatic heterocycles. The molecule has 0 saturated carbocycles. The SMILES string of the molecule is CCN=C1S/C(=C/c2cc(Cl)c(OCc3ccccc3C#N)c(OC)c2)C(=O)N1CC. The summed E-state index contributed by atoms with van der Waals surface area (Å²) >= 11 is 7.83. The third kappa shape index (κ3) is 5.04. The fourth-order valence-electron chi connectivity index (χ4n) is 3.06. The van der Waals surface area contributed by atoms with Gasteiger partial charge in [-0.25, -0.2) is 0 Å². The third-order valence-corrected chi connectivity index (χ3v) is 5.88. The molecular formula is C23H22ClN3O3S. The summed E-state index contributed by atoms with van der Waals surface area (Å²) in [5.74, 6) is 0.745. The van der Waals surface area contributed by atoms with Crippen LogP contribution in [0, 0.1) is 11.3 Å². The molecule has 0 N–H and O–H groups in total. The fraction of sp³-hybridized carbons (Fsp3) is 0.261. The predicted octanol–water partition coefficient (Wildman–Crippen LogP) is 5.11. The Labute approximate surface area is 191 Å². The number of methoxy groups -OCH3 is 1. The highest BCUT2D eigenvalue weighted by Crippen LogP contribution is 2.39. The van der Waals surface area contributed by atoms with E-state index in [1.54, 1.807) is 35.2 Å². The Morgan fingerprint density at radius 2 is 2.06 bits per heavy atom. The van der Waals surface area contributed by atoms with Crippen molar-refractivity contribution in [3.8, 4) is 17.6 Å². The van der Waals surface area contributed by atoms with Crippen molar-refractivity contribution < 1.29 is 14.3 Å². The highest BCUT2D eigenvalue weighted by molar-refractivity contribution is 8.18. The van der Waals surface area contributed by atoms with Crippen LogP contribution in [0.3, 0.4) is 0 Å². The van der Waals surface area contributed by atoms with E-state index in [0.29, 0.717) is 45.2 Å². The maximum absolute atomic E-state index is 12.7. The number of likely N-dealkylation sites (N-methyl/N-ethyl adjacent to an activating group) is 1. The number of aliphatic imine (C=N–C) groups is 1. The topological polar surface area (TPSA) is 74.9 Å². The number of carbonyl (C=O) groups excluding carboxylic acids is 1. The average Bonchev–Trinajstić information content (AvgIpc) is 3.06. The molecule has 1 amide bonds. The lowest BCUT2D eigenvalue weighted by molar-refractivity contribution is -0.122. The lowest BCUT2D eigenvalue weighted by atomic mass is 10.1. The molecule has 0 aromatic heterocycles. The molecule has 0 bridgehead atoms. The molecule has 0 atom stereocenters. The maximum atomic E-state index is 12.7. The average molecular weight is 456 g/mol. The Balaban J connectivity index is 1.88. The van der Waals surface area contributed by atoms with Gasteiger partial charge in [-0.05, 0) is 55.4 Å². The molecule has 31 heavy (non-hydrogen) atoms. The van der Waals surface area contributed by atoms with Gasteiger partial charge in [0.25, 0.3) is 5.91 Å². The Morgan fingerprint density at radius 3 is 2.74 bits per heavy atom. The summed E-state index contributed by atoms with van der Waals surface area (Å²) in [4.78, 5) is 19.3. The summed E-state index contributed by atoms with van der Waals surface area (Å²) in [6, 6.07) is 12.9. The fourth-order valence-corrected chi connectivity index (χ4v) is 4.44. The first-order chi connectivity index (χ1) is 15.0. The van der Waals surface area contributed by atoms with Gasteiger partial charge in [0.15, 0.2) is 16.7 Å². The van der Waals surface area contributed by atoms with Gasteiger partial charge in [-0.1, -0.05) is 29.8 Å². The van der Waals surface area contributed by atoms with Crippen LogP contribution >= 0.6 is 23.4 Å². The van der Waals surface area contributed by atoms with E-state index in [0.717, 1.165) is 11.1 Å². The molecule has 0 spiro atoms. The molecule has 2 aromatic carbocycles. The Bertz CT molecular complexity index is 1090. The minimum absolute atomic E-state index is 0.0803. The lowest BCUT2D eigenvalue weighted by Gasteiger charge is -2.14. The number of halogens is 1. The van der Waals surface area contributed by atoms with Gasteiger partial charge in [0, 0.05) is 18.7 Å². The number of nitriles is 1. The molecular weight excluding hydrogens is 434 g/mol. The van der Waals surface area contributed by atoms with Crippen LogP contribution in [-0.4, -0.2) is 36.2 Å². The van der Waals surface area contributed by atoms with Gasteiger partial charge in [-0.15, -0.1) is 0 Å². The van der Waals surface area contributed by atoms with Gasteiger partial charge in [0.05, 0.1) is 28.7 Å². The largest absolute Gasteiger partial charge is 0.493 e. The van der Waals surface area contributed by atoms with Crippen molar-refractivity contribution in [3.05, 3.63) is 63.0 Å². The molecule has 160 valence electrons. The highest BCUT2D eigenvalue weighted by atomic mass is 35.5. The first kappa shape index (κ1) is 22.7. The van der Waals surface area contributed by atoms with E-state index >= 15 is 0 Å². The molecule has 3 rings (SSSR count). The summed E-state index contributed by atoms with van der Waals surface area (Å²) in [5.41, 5.74) is 2.02. The van der Waals surface area contributed by atoms with E-state index in [4.69, 9.17) is 21.1 Å². The second kappa shape index (κ2) is 10.4. The number of ether oxygens (including phenoxy) is 2. The summed E-state index contributed by atoms with van der Waals surface area (Å²) < 4.78 is 11.4. The zero-order valence-corrected chi connectivity index (χ0v) is 19.1. The van der Waals surface area contributed by atoms with Crippen LogP contribution in [0.2, 0.25) is 5.02 Å². The Morgan fingerprint density at radius 1 is 1.29 bits per heavy atom. The molecule has 8 heteroatoms. The van der Waals surface area contributed by atoms with Gasteiger partial charge in [-0.2, -0.15) is 5.26 Å². The number of benzene rings is 2. The zero-order valence-electron chi connectivity index (χ0n) is 17.5. The van der Waals surface area contributed by atoms with Gasteiger partial charge in [-0.3, -0.25) is 14.7 Å². The van der Waals surface area contributed by atoms with Crippen LogP contribution in [0.25, 0.3) is 6.08 Å². The Kier molecular flexibility index (Phi) is 7.61. The van der Waals surface area contributed by atoms with Crippen LogP contribution < -0.4 is 9.47 Å². The smallest absolute Gasteiger partial charge is 0.266 e. The second-order valence-electron chi connectivity index (χ2n) is 6.51. The summed E-state index contributed by atoms with van der Waals surface area (Å²) in [5, 5.41) is 10.3. The van der Waals surface area contributed by atoms with Gasteiger partial charge in [0.1, 0.15) is 6.61 Å². The summed E-state index contributed by atoms with van der Waals surface area (Å²) in [7, 11) is 1.53. The lowest BCUT2D eigenvalue weighted by Crippen LogP contribution is -2.28. The maximum Gasteiger partial charge on any atom is 0.266 e. The van der Waals surface area contributed by atoms with Crippen LogP contribution in [0.15, 0.2) is 46.3 Å². The standard InChI is InChI=1S/C23H22ClN3O3S/c1-4-26-23-27(5-2)22(28)20(31-23)12-15-10-18(24)21(19(11-15)29-3)30-14-17-9-7-6-8-16(17)13-25/h6-12H,4-5,14H2,1-3H3/b20-12+,26-23?. The molecule has 1 saturated heterocycles. The number of hydrogen-bond donors (Lipinski definition) is 0. The van der Waals surface area contributed by atoms with Gasteiger partial charge >= 0.3 is 0 Å². The van der Waals surface area contributed by atoms with Crippen molar-refractivity contribution in [2.75, 3.05) is 20.2 Å². The van der Waals surface area contributed by atoms with Crippen molar-refractivity contribution in [2.45, 2.75) is 20.5 Å². The number of amidine groups is 1. The quantitative estimate of drug-likeness (QED) is 0.542. The molecule has 0 unspecified atom stereocenters. The number of nitrogens with zero attached hydrogens (tertiary/aromatic N) is 3. The van der Waals surface area contributed by atoms with Crippen molar-refractivity contribution in [1.82, 2.24) is 4.90 Å². The number of thioether (sulfide) groups is 1. The number of carbonyl (C=O) groups is 1. The van der Waals surface area contributed by atoms with E-state index in [1.807, 2.05) is 26.0 Å². The van der Waals surface area contributed by atoms with Crippen LogP contribution in [-0.2, 0) is 11.4 Å². The van der Waals surface area contributed by atoms with Crippen molar-refractivity contribution in [1.29, 1.82) is 5.26 Å². The summed E-state index contributed by atoms with van der Waals surface area (Å²) in [6.45, 7) is 5.20. The van der Waals surface area contributed by atoms with Crippen LogP contribution in [0.4, 0.5) is 0 Å². The highest BCUT2D eigenvalue weighted by Gasteiger charge is 2.32.